The minimum atomic E-state index is -1.05. The summed E-state index contributed by atoms with van der Waals surface area (Å²) in [6.07, 6.45) is 0. The highest BCUT2D eigenvalue weighted by molar-refractivity contribution is 6.30. The molecule has 0 aliphatic rings. The Labute approximate surface area is 164 Å². The fourth-order valence-corrected chi connectivity index (χ4v) is 2.92. The lowest BCUT2D eigenvalue weighted by Crippen LogP contribution is -2.47. The summed E-state index contributed by atoms with van der Waals surface area (Å²) in [4.78, 5) is 13.0. The number of carbonyl (C=O) groups excluding carboxylic acids is 1. The number of ether oxygens (including phenoxy) is 1. The Morgan fingerprint density at radius 1 is 0.852 bits per heavy atom. The van der Waals surface area contributed by atoms with Gasteiger partial charge in [0.1, 0.15) is 5.75 Å². The third-order valence-electron chi connectivity index (χ3n) is 4.27. The Hall–Kier alpha value is -2.78. The standard InChI is InChI=1S/C23H22ClNO2/c1-23(2,27-20-15-13-19(24)14-16-20)22(26)25-21(17-9-5-3-6-10-17)18-11-7-4-8-12-18/h3-16,21H,1-2H3,(H,25,26). The van der Waals surface area contributed by atoms with E-state index in [4.69, 9.17) is 16.3 Å². The molecule has 0 heterocycles. The van der Waals surface area contributed by atoms with Crippen LogP contribution in [0.1, 0.15) is 31.0 Å². The molecule has 27 heavy (non-hydrogen) atoms. The molecule has 0 aliphatic carbocycles. The lowest BCUT2D eigenvalue weighted by molar-refractivity contribution is -0.134. The molecule has 0 radical (unpaired) electrons. The van der Waals surface area contributed by atoms with E-state index in [1.807, 2.05) is 60.7 Å². The van der Waals surface area contributed by atoms with E-state index in [0.717, 1.165) is 11.1 Å². The molecule has 0 atom stereocenters. The van der Waals surface area contributed by atoms with Gasteiger partial charge >= 0.3 is 0 Å². The van der Waals surface area contributed by atoms with Crippen LogP contribution >= 0.6 is 11.6 Å². The highest BCUT2D eigenvalue weighted by Crippen LogP contribution is 2.25. The van der Waals surface area contributed by atoms with Crippen molar-refractivity contribution in [2.24, 2.45) is 0 Å². The molecule has 0 saturated heterocycles. The predicted octanol–water partition coefficient (Wildman–Crippen LogP) is 5.40. The van der Waals surface area contributed by atoms with E-state index in [0.29, 0.717) is 10.8 Å². The average molecular weight is 380 g/mol. The van der Waals surface area contributed by atoms with Gasteiger partial charge in [0, 0.05) is 5.02 Å². The predicted molar refractivity (Wildman–Crippen MR) is 109 cm³/mol. The summed E-state index contributed by atoms with van der Waals surface area (Å²) in [5.74, 6) is 0.394. The molecule has 0 fully saturated rings. The summed E-state index contributed by atoms with van der Waals surface area (Å²) in [6.45, 7) is 3.51. The van der Waals surface area contributed by atoms with Crippen molar-refractivity contribution in [2.45, 2.75) is 25.5 Å². The van der Waals surface area contributed by atoms with Gasteiger partial charge in [-0.25, -0.2) is 0 Å². The number of carbonyl (C=O) groups is 1. The van der Waals surface area contributed by atoms with E-state index in [1.54, 1.807) is 38.1 Å². The SMILES string of the molecule is CC(C)(Oc1ccc(Cl)cc1)C(=O)NC(c1ccccc1)c1ccccc1. The molecule has 3 nitrogen and oxygen atoms in total. The van der Waals surface area contributed by atoms with Gasteiger partial charge in [0.15, 0.2) is 5.60 Å². The Morgan fingerprint density at radius 2 is 1.33 bits per heavy atom. The topological polar surface area (TPSA) is 38.3 Å². The molecule has 1 N–H and O–H groups in total. The first kappa shape index (κ1) is 19.0. The monoisotopic (exact) mass is 379 g/mol. The second-order valence-corrected chi connectivity index (χ2v) is 7.23. The van der Waals surface area contributed by atoms with Gasteiger partial charge in [-0.1, -0.05) is 72.3 Å². The van der Waals surface area contributed by atoms with Crippen LogP contribution in [-0.4, -0.2) is 11.5 Å². The molecule has 138 valence electrons. The van der Waals surface area contributed by atoms with Crippen LogP contribution in [0, 0.1) is 0 Å². The van der Waals surface area contributed by atoms with Crippen molar-refractivity contribution in [1.82, 2.24) is 5.32 Å². The third-order valence-corrected chi connectivity index (χ3v) is 4.53. The molecule has 0 aromatic heterocycles. The van der Waals surface area contributed by atoms with Crippen LogP contribution in [0.5, 0.6) is 5.75 Å². The van der Waals surface area contributed by atoms with E-state index >= 15 is 0 Å². The summed E-state index contributed by atoms with van der Waals surface area (Å²) >= 11 is 5.92. The van der Waals surface area contributed by atoms with Crippen molar-refractivity contribution in [2.75, 3.05) is 0 Å². The van der Waals surface area contributed by atoms with E-state index in [9.17, 15) is 4.79 Å². The quantitative estimate of drug-likeness (QED) is 0.622. The Balaban J connectivity index is 1.82. The molecule has 0 aliphatic heterocycles. The van der Waals surface area contributed by atoms with E-state index < -0.39 is 5.60 Å². The van der Waals surface area contributed by atoms with Crippen molar-refractivity contribution >= 4 is 17.5 Å². The molecule has 0 saturated carbocycles. The first-order valence-electron chi connectivity index (χ1n) is 8.81. The molecule has 3 aromatic carbocycles. The largest absolute Gasteiger partial charge is 0.478 e. The Morgan fingerprint density at radius 3 is 1.81 bits per heavy atom. The van der Waals surface area contributed by atoms with Crippen molar-refractivity contribution in [3.05, 3.63) is 101 Å². The zero-order valence-corrected chi connectivity index (χ0v) is 16.1. The summed E-state index contributed by atoms with van der Waals surface area (Å²) < 4.78 is 5.92. The van der Waals surface area contributed by atoms with Gasteiger partial charge in [-0.2, -0.15) is 0 Å². The maximum absolute atomic E-state index is 13.0. The molecule has 0 bridgehead atoms. The van der Waals surface area contributed by atoms with Gasteiger partial charge in [-0.3, -0.25) is 4.79 Å². The first-order chi connectivity index (χ1) is 13.0. The van der Waals surface area contributed by atoms with Crippen LogP contribution in [0.15, 0.2) is 84.9 Å². The van der Waals surface area contributed by atoms with Crippen molar-refractivity contribution in [3.63, 3.8) is 0 Å². The second kappa shape index (κ2) is 8.28. The molecule has 1 amide bonds. The number of hydrogen-bond acceptors (Lipinski definition) is 2. The zero-order valence-electron chi connectivity index (χ0n) is 15.4. The highest BCUT2D eigenvalue weighted by Gasteiger charge is 2.32. The number of hydrogen-bond donors (Lipinski definition) is 1. The zero-order chi connectivity index (χ0) is 19.3. The minimum absolute atomic E-state index is 0.199. The van der Waals surface area contributed by atoms with Crippen LogP contribution < -0.4 is 10.1 Å². The van der Waals surface area contributed by atoms with Gasteiger partial charge in [-0.15, -0.1) is 0 Å². The third kappa shape index (κ3) is 4.89. The minimum Gasteiger partial charge on any atom is -0.478 e. The van der Waals surface area contributed by atoms with Gasteiger partial charge in [0.05, 0.1) is 6.04 Å². The van der Waals surface area contributed by atoms with Gasteiger partial charge < -0.3 is 10.1 Å². The van der Waals surface area contributed by atoms with E-state index in [-0.39, 0.29) is 11.9 Å². The molecular formula is C23H22ClNO2. The van der Waals surface area contributed by atoms with Crippen molar-refractivity contribution in [1.29, 1.82) is 0 Å². The average Bonchev–Trinajstić information content (AvgIpc) is 2.69. The van der Waals surface area contributed by atoms with Crippen molar-refractivity contribution < 1.29 is 9.53 Å². The number of nitrogens with one attached hydrogen (secondary N) is 1. The number of benzene rings is 3. The lowest BCUT2D eigenvalue weighted by Gasteiger charge is -2.29. The van der Waals surface area contributed by atoms with Crippen LogP contribution in [0.2, 0.25) is 5.02 Å². The number of rotatable bonds is 6. The normalized spacial score (nSPS) is 11.3. The maximum Gasteiger partial charge on any atom is 0.264 e. The summed E-state index contributed by atoms with van der Waals surface area (Å²) in [5.41, 5.74) is 0.981. The summed E-state index contributed by atoms with van der Waals surface area (Å²) in [5, 5.41) is 3.75. The first-order valence-corrected chi connectivity index (χ1v) is 9.19. The molecule has 3 aromatic rings. The van der Waals surface area contributed by atoms with E-state index in [1.165, 1.54) is 0 Å². The molecule has 0 spiro atoms. The van der Waals surface area contributed by atoms with Crippen LogP contribution in [0.4, 0.5) is 0 Å². The fourth-order valence-electron chi connectivity index (χ4n) is 2.80. The van der Waals surface area contributed by atoms with Crippen LogP contribution in [0.25, 0.3) is 0 Å². The summed E-state index contributed by atoms with van der Waals surface area (Å²) in [6, 6.07) is 26.5. The lowest BCUT2D eigenvalue weighted by atomic mass is 9.97. The van der Waals surface area contributed by atoms with Gasteiger partial charge in [-0.05, 0) is 49.2 Å². The van der Waals surface area contributed by atoms with Crippen LogP contribution in [-0.2, 0) is 4.79 Å². The second-order valence-electron chi connectivity index (χ2n) is 6.79. The number of amides is 1. The van der Waals surface area contributed by atoms with Gasteiger partial charge in [0.2, 0.25) is 0 Å². The molecule has 4 heteroatoms. The molecular weight excluding hydrogens is 358 g/mol. The Bertz CT molecular complexity index is 838. The van der Waals surface area contributed by atoms with Crippen molar-refractivity contribution in [3.8, 4) is 5.75 Å². The highest BCUT2D eigenvalue weighted by atomic mass is 35.5. The Kier molecular flexibility index (Phi) is 5.82. The fraction of sp³-hybridized carbons (Fsp3) is 0.174. The van der Waals surface area contributed by atoms with E-state index in [2.05, 4.69) is 5.32 Å². The smallest absolute Gasteiger partial charge is 0.264 e. The molecule has 3 rings (SSSR count). The van der Waals surface area contributed by atoms with Gasteiger partial charge in [0.25, 0.3) is 5.91 Å². The maximum atomic E-state index is 13.0. The van der Waals surface area contributed by atoms with Crippen LogP contribution in [0.3, 0.4) is 0 Å². The molecule has 0 unspecified atom stereocenters. The summed E-state index contributed by atoms with van der Waals surface area (Å²) in [7, 11) is 0. The number of halogens is 1.